The number of carbonyl (C=O) groups excluding carboxylic acids is 1. The number of benzene rings is 1. The van der Waals surface area contributed by atoms with Crippen molar-refractivity contribution >= 4 is 11.6 Å². The number of likely N-dealkylation sites (N-methyl/N-ethyl adjacent to an activating group) is 1. The predicted octanol–water partition coefficient (Wildman–Crippen LogP) is 1.21. The molecule has 1 aliphatic rings. The van der Waals surface area contributed by atoms with Crippen molar-refractivity contribution in [2.45, 2.75) is 26.4 Å². The second-order valence-corrected chi connectivity index (χ2v) is 6.51. The number of hydrogen-bond donors (Lipinski definition) is 3. The van der Waals surface area contributed by atoms with Crippen LogP contribution < -0.4 is 15.4 Å². The number of nitrogens with zero attached hydrogens (tertiary/aromatic N) is 1. The molecule has 3 N–H and O–H groups in total. The molecular formula is C18H29N3O4. The number of carbonyl (C=O) groups is 1. The maximum Gasteiger partial charge on any atom is 0.262 e. The summed E-state index contributed by atoms with van der Waals surface area (Å²) in [6.45, 7) is 8.36. The highest BCUT2D eigenvalue weighted by atomic mass is 16.5. The Balaban J connectivity index is 1.70. The molecule has 0 fully saturated rings. The lowest BCUT2D eigenvalue weighted by molar-refractivity contribution is -0.118. The number of nitrogens with one attached hydrogen (secondary N) is 2. The van der Waals surface area contributed by atoms with Gasteiger partial charge in [0.25, 0.3) is 5.91 Å². The van der Waals surface area contributed by atoms with Gasteiger partial charge in [0.2, 0.25) is 0 Å². The summed E-state index contributed by atoms with van der Waals surface area (Å²) in [6, 6.07) is 3.42. The molecule has 2 rings (SSSR count). The number of phenols is 1. The number of fused-ring (bicyclic) bond motifs is 1. The molecule has 0 aromatic heterocycles. The molecule has 0 spiro atoms. The van der Waals surface area contributed by atoms with Crippen molar-refractivity contribution in [2.24, 2.45) is 0 Å². The van der Waals surface area contributed by atoms with Crippen LogP contribution in [0.4, 0.5) is 5.69 Å². The molecule has 0 aliphatic carbocycles. The van der Waals surface area contributed by atoms with Crippen LogP contribution in [0.2, 0.25) is 0 Å². The second-order valence-electron chi connectivity index (χ2n) is 6.51. The summed E-state index contributed by atoms with van der Waals surface area (Å²) in [7, 11) is 2.08. The quantitative estimate of drug-likeness (QED) is 0.434. The number of phenolic OH excluding ortho intramolecular Hbond substituents is 1. The Morgan fingerprint density at radius 1 is 1.36 bits per heavy atom. The van der Waals surface area contributed by atoms with E-state index in [9.17, 15) is 9.90 Å². The van der Waals surface area contributed by atoms with E-state index in [0.29, 0.717) is 11.4 Å². The predicted molar refractivity (Wildman–Crippen MR) is 97.4 cm³/mol. The molecule has 1 aliphatic heterocycles. The highest BCUT2D eigenvalue weighted by Gasteiger charge is 2.22. The van der Waals surface area contributed by atoms with Gasteiger partial charge < -0.3 is 30.1 Å². The molecule has 0 saturated heterocycles. The first-order chi connectivity index (χ1) is 12.0. The summed E-state index contributed by atoms with van der Waals surface area (Å²) in [4.78, 5) is 13.6. The van der Waals surface area contributed by atoms with E-state index in [-0.39, 0.29) is 24.4 Å². The van der Waals surface area contributed by atoms with Gasteiger partial charge in [0.15, 0.2) is 12.4 Å². The van der Waals surface area contributed by atoms with E-state index < -0.39 is 0 Å². The molecule has 1 amide bonds. The van der Waals surface area contributed by atoms with Gasteiger partial charge in [-0.2, -0.15) is 0 Å². The molecule has 0 unspecified atom stereocenters. The Kier molecular flexibility index (Phi) is 7.49. The van der Waals surface area contributed by atoms with Gasteiger partial charge in [0.05, 0.1) is 12.7 Å². The van der Waals surface area contributed by atoms with E-state index in [1.54, 1.807) is 6.07 Å². The highest BCUT2D eigenvalue weighted by Crippen LogP contribution is 2.39. The summed E-state index contributed by atoms with van der Waals surface area (Å²) in [5, 5.41) is 15.9. The highest BCUT2D eigenvalue weighted by molar-refractivity contribution is 5.97. The Labute approximate surface area is 149 Å². The van der Waals surface area contributed by atoms with E-state index in [1.807, 2.05) is 19.9 Å². The minimum Gasteiger partial charge on any atom is -0.506 e. The number of amides is 1. The van der Waals surface area contributed by atoms with Crippen LogP contribution in [0.1, 0.15) is 19.4 Å². The first kappa shape index (κ1) is 19.5. The van der Waals surface area contributed by atoms with Crippen LogP contribution in [-0.4, -0.2) is 68.5 Å². The topological polar surface area (TPSA) is 83.1 Å². The molecule has 140 valence electrons. The average Bonchev–Trinajstić information content (AvgIpc) is 2.56. The van der Waals surface area contributed by atoms with Crippen LogP contribution in [0.15, 0.2) is 12.1 Å². The van der Waals surface area contributed by atoms with Crippen LogP contribution in [0, 0.1) is 0 Å². The maximum absolute atomic E-state index is 11.4. The molecule has 0 saturated carbocycles. The number of hydrogen-bond acceptors (Lipinski definition) is 6. The fourth-order valence-electron chi connectivity index (χ4n) is 2.59. The van der Waals surface area contributed by atoms with Gasteiger partial charge in [0.1, 0.15) is 11.4 Å². The Bertz CT molecular complexity index is 578. The second kappa shape index (κ2) is 9.60. The molecule has 0 bridgehead atoms. The van der Waals surface area contributed by atoms with Gasteiger partial charge in [-0.05, 0) is 45.5 Å². The minimum absolute atomic E-state index is 0.0138. The summed E-state index contributed by atoms with van der Waals surface area (Å²) < 4.78 is 11.0. The van der Waals surface area contributed by atoms with Gasteiger partial charge in [-0.1, -0.05) is 6.07 Å². The first-order valence-corrected chi connectivity index (χ1v) is 8.75. The van der Waals surface area contributed by atoms with Crippen molar-refractivity contribution in [3.8, 4) is 11.5 Å². The summed E-state index contributed by atoms with van der Waals surface area (Å²) in [5.74, 6) is 0.358. The lowest BCUT2D eigenvalue weighted by Gasteiger charge is -2.22. The van der Waals surface area contributed by atoms with Crippen LogP contribution >= 0.6 is 0 Å². The van der Waals surface area contributed by atoms with Crippen molar-refractivity contribution in [1.29, 1.82) is 0 Å². The van der Waals surface area contributed by atoms with Gasteiger partial charge in [0, 0.05) is 19.6 Å². The van der Waals surface area contributed by atoms with E-state index in [1.165, 1.54) is 0 Å². The van der Waals surface area contributed by atoms with Crippen molar-refractivity contribution in [2.75, 3.05) is 51.8 Å². The Morgan fingerprint density at radius 3 is 2.92 bits per heavy atom. The van der Waals surface area contributed by atoms with Crippen molar-refractivity contribution in [3.05, 3.63) is 17.7 Å². The van der Waals surface area contributed by atoms with Crippen LogP contribution in [0.3, 0.4) is 0 Å². The number of aromatic hydroxyl groups is 1. The zero-order valence-corrected chi connectivity index (χ0v) is 15.3. The maximum atomic E-state index is 11.4. The van der Waals surface area contributed by atoms with Crippen LogP contribution in [0.25, 0.3) is 0 Å². The molecular weight excluding hydrogens is 322 g/mol. The number of rotatable bonds is 10. The van der Waals surface area contributed by atoms with Crippen molar-refractivity contribution in [3.63, 3.8) is 0 Å². The van der Waals surface area contributed by atoms with E-state index in [4.69, 9.17) is 9.47 Å². The summed E-state index contributed by atoms with van der Waals surface area (Å²) in [6.07, 6.45) is 1.04. The summed E-state index contributed by atoms with van der Waals surface area (Å²) in [5.41, 5.74) is 1.35. The van der Waals surface area contributed by atoms with Gasteiger partial charge in [-0.15, -0.1) is 0 Å². The van der Waals surface area contributed by atoms with E-state index in [0.717, 1.165) is 44.8 Å². The van der Waals surface area contributed by atoms with Gasteiger partial charge in [-0.3, -0.25) is 4.79 Å². The Morgan fingerprint density at radius 2 is 2.16 bits per heavy atom. The monoisotopic (exact) mass is 351 g/mol. The van der Waals surface area contributed by atoms with Gasteiger partial charge in [-0.25, -0.2) is 0 Å². The molecule has 0 atom stereocenters. The first-order valence-electron chi connectivity index (χ1n) is 8.75. The van der Waals surface area contributed by atoms with Crippen molar-refractivity contribution < 1.29 is 19.4 Å². The normalized spacial score (nSPS) is 13.7. The fourth-order valence-corrected chi connectivity index (χ4v) is 2.59. The van der Waals surface area contributed by atoms with Gasteiger partial charge >= 0.3 is 0 Å². The zero-order valence-electron chi connectivity index (χ0n) is 15.3. The standard InChI is InChI=1S/C18H29N3O4/c1-13(2)24-11-10-21(3)9-8-19-7-6-14-4-5-15(22)17-18(14)25-12-16(23)20-17/h4-5,13,19,22H,6-12H2,1-3H3,(H,20,23). The van der Waals surface area contributed by atoms with E-state index in [2.05, 4.69) is 22.6 Å². The average molecular weight is 351 g/mol. The molecule has 1 heterocycles. The fraction of sp³-hybridized carbons (Fsp3) is 0.611. The SMILES string of the molecule is CC(C)OCCN(C)CCNCCc1ccc(O)c2c1OCC(=O)N2. The lowest BCUT2D eigenvalue weighted by Crippen LogP contribution is -2.33. The third kappa shape index (κ3) is 6.19. The summed E-state index contributed by atoms with van der Waals surface area (Å²) >= 11 is 0. The number of ether oxygens (including phenoxy) is 2. The minimum atomic E-state index is -0.248. The van der Waals surface area contributed by atoms with Crippen LogP contribution in [-0.2, 0) is 16.0 Å². The molecule has 1 aromatic rings. The van der Waals surface area contributed by atoms with Crippen LogP contribution in [0.5, 0.6) is 11.5 Å². The zero-order chi connectivity index (χ0) is 18.2. The number of anilines is 1. The molecule has 7 heteroatoms. The Hall–Kier alpha value is -1.83. The smallest absolute Gasteiger partial charge is 0.262 e. The third-order valence-electron chi connectivity index (χ3n) is 3.99. The largest absolute Gasteiger partial charge is 0.506 e. The van der Waals surface area contributed by atoms with Crippen molar-refractivity contribution in [1.82, 2.24) is 10.2 Å². The molecule has 25 heavy (non-hydrogen) atoms. The third-order valence-corrected chi connectivity index (χ3v) is 3.99. The lowest BCUT2D eigenvalue weighted by atomic mass is 10.1. The molecule has 0 radical (unpaired) electrons. The molecule has 7 nitrogen and oxygen atoms in total. The molecule has 1 aromatic carbocycles. The van der Waals surface area contributed by atoms with E-state index >= 15 is 0 Å².